The summed E-state index contributed by atoms with van der Waals surface area (Å²) in [5.74, 6) is -1.37. The third-order valence-corrected chi connectivity index (χ3v) is 3.16. The first-order valence-electron chi connectivity index (χ1n) is 5.68. The van der Waals surface area contributed by atoms with Crippen molar-refractivity contribution in [3.05, 3.63) is 63.6 Å². The molecule has 0 amide bonds. The van der Waals surface area contributed by atoms with Crippen LogP contribution in [0.4, 0.5) is 14.5 Å². The average molecular weight is 315 g/mol. The highest BCUT2D eigenvalue weighted by Gasteiger charge is 2.06. The molecule has 1 N–H and O–H groups in total. The fourth-order valence-corrected chi connectivity index (χ4v) is 1.99. The molecule has 0 unspecified atom stereocenters. The molecule has 0 aromatic heterocycles. The van der Waals surface area contributed by atoms with E-state index in [1.54, 1.807) is 25.1 Å². The van der Waals surface area contributed by atoms with Crippen LogP contribution in [0.15, 0.2) is 41.5 Å². The second-order valence-electron chi connectivity index (χ2n) is 4.06. The van der Waals surface area contributed by atoms with Gasteiger partial charge in [0.1, 0.15) is 5.82 Å². The second kappa shape index (κ2) is 6.20. The largest absolute Gasteiger partial charge is 0.275 e. The summed E-state index contributed by atoms with van der Waals surface area (Å²) in [7, 11) is 0. The number of anilines is 1. The molecule has 0 bridgehead atoms. The van der Waals surface area contributed by atoms with E-state index in [4.69, 9.17) is 23.2 Å². The fraction of sp³-hybridized carbons (Fsp3) is 0.0714. The number of rotatable bonds is 3. The van der Waals surface area contributed by atoms with Gasteiger partial charge < -0.3 is 0 Å². The first-order valence-corrected chi connectivity index (χ1v) is 6.44. The number of hydrogen-bond acceptors (Lipinski definition) is 2. The van der Waals surface area contributed by atoms with E-state index in [-0.39, 0.29) is 5.69 Å². The maximum Gasteiger partial charge on any atom is 0.151 e. The van der Waals surface area contributed by atoms with Gasteiger partial charge in [-0.15, -0.1) is 0 Å². The summed E-state index contributed by atoms with van der Waals surface area (Å²) in [6, 6.07) is 8.15. The molecule has 0 aliphatic rings. The van der Waals surface area contributed by atoms with Crippen LogP contribution in [0.2, 0.25) is 10.0 Å². The topological polar surface area (TPSA) is 24.4 Å². The van der Waals surface area contributed by atoms with Crippen molar-refractivity contribution in [1.82, 2.24) is 0 Å². The number of hydrazone groups is 1. The summed E-state index contributed by atoms with van der Waals surface area (Å²) in [6.45, 7) is 1.70. The number of benzene rings is 2. The molecule has 20 heavy (non-hydrogen) atoms. The maximum absolute atomic E-state index is 13.4. The minimum Gasteiger partial charge on any atom is -0.275 e. The first kappa shape index (κ1) is 14.8. The molecule has 0 heterocycles. The van der Waals surface area contributed by atoms with E-state index in [9.17, 15) is 8.78 Å². The van der Waals surface area contributed by atoms with Crippen LogP contribution in [-0.4, -0.2) is 5.71 Å². The molecule has 0 aliphatic heterocycles. The molecule has 0 saturated carbocycles. The normalized spacial score (nSPS) is 11.6. The Morgan fingerprint density at radius 2 is 1.85 bits per heavy atom. The Morgan fingerprint density at radius 1 is 1.10 bits per heavy atom. The van der Waals surface area contributed by atoms with E-state index in [1.165, 1.54) is 6.07 Å². The number of halogens is 4. The average Bonchev–Trinajstić information content (AvgIpc) is 2.40. The van der Waals surface area contributed by atoms with Crippen molar-refractivity contribution in [1.29, 1.82) is 0 Å². The zero-order valence-corrected chi connectivity index (χ0v) is 11.9. The summed E-state index contributed by atoms with van der Waals surface area (Å²) in [5, 5.41) is 5.02. The predicted molar refractivity (Wildman–Crippen MR) is 78.7 cm³/mol. The van der Waals surface area contributed by atoms with Crippen molar-refractivity contribution in [2.45, 2.75) is 6.92 Å². The Morgan fingerprint density at radius 3 is 2.55 bits per heavy atom. The van der Waals surface area contributed by atoms with E-state index in [1.807, 2.05) is 0 Å². The standard InChI is InChI=1S/C14H10Cl2F2N2/c1-8(11-6-9(15)2-4-12(11)16)19-20-14-5-3-10(17)7-13(14)18/h2-7,20H,1H3/b19-8-. The molecule has 2 rings (SSSR count). The quantitative estimate of drug-likeness (QED) is 0.618. The zero-order valence-electron chi connectivity index (χ0n) is 10.4. The van der Waals surface area contributed by atoms with Gasteiger partial charge in [-0.05, 0) is 37.3 Å². The third-order valence-electron chi connectivity index (χ3n) is 2.59. The molecule has 0 aliphatic carbocycles. The Kier molecular flexibility index (Phi) is 4.57. The summed E-state index contributed by atoms with van der Waals surface area (Å²) in [5.41, 5.74) is 3.77. The van der Waals surface area contributed by atoms with E-state index in [0.29, 0.717) is 21.3 Å². The summed E-state index contributed by atoms with van der Waals surface area (Å²) >= 11 is 11.9. The summed E-state index contributed by atoms with van der Waals surface area (Å²) in [4.78, 5) is 0. The highest BCUT2D eigenvalue weighted by Crippen LogP contribution is 2.22. The van der Waals surface area contributed by atoms with Crippen LogP contribution in [0.5, 0.6) is 0 Å². The van der Waals surface area contributed by atoms with Crippen LogP contribution < -0.4 is 5.43 Å². The molecular weight excluding hydrogens is 305 g/mol. The monoisotopic (exact) mass is 314 g/mol. The van der Waals surface area contributed by atoms with Crippen LogP contribution in [0.25, 0.3) is 0 Å². The van der Waals surface area contributed by atoms with Gasteiger partial charge in [0.2, 0.25) is 0 Å². The predicted octanol–water partition coefficient (Wildman–Crippen LogP) is 5.11. The van der Waals surface area contributed by atoms with Crippen LogP contribution in [-0.2, 0) is 0 Å². The van der Waals surface area contributed by atoms with Crippen LogP contribution in [0.3, 0.4) is 0 Å². The van der Waals surface area contributed by atoms with Gasteiger partial charge in [-0.1, -0.05) is 23.2 Å². The molecule has 0 spiro atoms. The van der Waals surface area contributed by atoms with Gasteiger partial charge >= 0.3 is 0 Å². The molecule has 104 valence electrons. The SMILES string of the molecule is C/C(=N/Nc1ccc(F)cc1F)c1cc(Cl)ccc1Cl. The smallest absolute Gasteiger partial charge is 0.151 e. The molecule has 2 aromatic rings. The van der Waals surface area contributed by atoms with Crippen LogP contribution >= 0.6 is 23.2 Å². The van der Waals surface area contributed by atoms with Crippen LogP contribution in [0, 0.1) is 11.6 Å². The van der Waals surface area contributed by atoms with Gasteiger partial charge in [0.15, 0.2) is 5.82 Å². The van der Waals surface area contributed by atoms with Crippen molar-refractivity contribution < 1.29 is 8.78 Å². The molecule has 6 heteroatoms. The number of nitrogens with one attached hydrogen (secondary N) is 1. The van der Waals surface area contributed by atoms with Gasteiger partial charge in [0.25, 0.3) is 0 Å². The molecule has 0 atom stereocenters. The van der Waals surface area contributed by atoms with Gasteiger partial charge in [-0.2, -0.15) is 5.10 Å². The minimum absolute atomic E-state index is 0.0731. The lowest BCUT2D eigenvalue weighted by Crippen LogP contribution is -2.02. The van der Waals surface area contributed by atoms with Crippen molar-refractivity contribution >= 4 is 34.6 Å². The van der Waals surface area contributed by atoms with Gasteiger partial charge in [-0.25, -0.2) is 8.78 Å². The van der Waals surface area contributed by atoms with Crippen LogP contribution in [0.1, 0.15) is 12.5 Å². The highest BCUT2D eigenvalue weighted by atomic mass is 35.5. The van der Waals surface area contributed by atoms with E-state index in [0.717, 1.165) is 12.1 Å². The minimum atomic E-state index is -0.723. The Bertz CT molecular complexity index is 672. The van der Waals surface area contributed by atoms with Gasteiger partial charge in [0, 0.05) is 21.7 Å². The van der Waals surface area contributed by atoms with Crippen molar-refractivity contribution in [2.24, 2.45) is 5.10 Å². The Balaban J connectivity index is 2.24. The van der Waals surface area contributed by atoms with Crippen molar-refractivity contribution in [3.8, 4) is 0 Å². The van der Waals surface area contributed by atoms with Gasteiger partial charge in [0.05, 0.1) is 11.4 Å². The Hall–Kier alpha value is -1.65. The lowest BCUT2D eigenvalue weighted by atomic mass is 10.1. The molecular formula is C14H10Cl2F2N2. The molecule has 0 radical (unpaired) electrons. The lowest BCUT2D eigenvalue weighted by Gasteiger charge is -2.06. The van der Waals surface area contributed by atoms with Crippen molar-refractivity contribution in [3.63, 3.8) is 0 Å². The van der Waals surface area contributed by atoms with E-state index < -0.39 is 11.6 Å². The summed E-state index contributed by atoms with van der Waals surface area (Å²) in [6.07, 6.45) is 0. The number of nitrogens with zero attached hydrogens (tertiary/aromatic N) is 1. The number of hydrogen-bond donors (Lipinski definition) is 1. The van der Waals surface area contributed by atoms with E-state index in [2.05, 4.69) is 10.5 Å². The summed E-state index contributed by atoms with van der Waals surface area (Å²) < 4.78 is 26.2. The molecule has 2 nitrogen and oxygen atoms in total. The fourth-order valence-electron chi connectivity index (χ4n) is 1.56. The van der Waals surface area contributed by atoms with Gasteiger partial charge in [-0.3, -0.25) is 5.43 Å². The molecule has 0 fully saturated rings. The Labute approximate surface area is 125 Å². The first-order chi connectivity index (χ1) is 9.47. The maximum atomic E-state index is 13.4. The second-order valence-corrected chi connectivity index (χ2v) is 4.90. The third kappa shape index (κ3) is 3.46. The van der Waals surface area contributed by atoms with E-state index >= 15 is 0 Å². The highest BCUT2D eigenvalue weighted by molar-refractivity contribution is 6.36. The molecule has 2 aromatic carbocycles. The zero-order chi connectivity index (χ0) is 14.7. The lowest BCUT2D eigenvalue weighted by molar-refractivity contribution is 0.585. The van der Waals surface area contributed by atoms with Crippen molar-refractivity contribution in [2.75, 3.05) is 5.43 Å². The molecule has 0 saturated heterocycles.